The van der Waals surface area contributed by atoms with Crippen LogP contribution in [0.4, 0.5) is 0 Å². The third-order valence-electron chi connectivity index (χ3n) is 0.592. The van der Waals surface area contributed by atoms with Gasteiger partial charge in [0, 0.05) is 6.20 Å². The minimum Gasteiger partial charge on any atom is -0.278 e. The Morgan fingerprint density at radius 2 is 2.57 bits per heavy atom. The molecule has 2 nitrogen and oxygen atoms in total. The maximum Gasteiger partial charge on any atom is 0.120 e. The van der Waals surface area contributed by atoms with Crippen molar-refractivity contribution < 1.29 is 0 Å². The molecule has 1 aromatic rings. The Labute approximate surface area is 51.7 Å². The van der Waals surface area contributed by atoms with Crippen LogP contribution in [-0.4, -0.2) is 9.19 Å². The molecule has 1 heterocycles. The number of nitrogens with zero attached hydrogens (tertiary/aromatic N) is 1. The fourth-order valence-corrected chi connectivity index (χ4v) is 0.727. The molecular formula is C3H4N2S2. The van der Waals surface area contributed by atoms with Crippen LogP contribution in [0, 0.1) is 4.64 Å². The highest BCUT2D eigenvalue weighted by atomic mass is 32.1. The zero-order valence-electron chi connectivity index (χ0n) is 3.46. The molecular weight excluding hydrogens is 128 g/mol. The fraction of sp³-hybridized carbons (Fsp3) is 0. The summed E-state index contributed by atoms with van der Waals surface area (Å²) in [7, 11) is 0. The Balaban J connectivity index is 3.30. The lowest BCUT2D eigenvalue weighted by atomic mass is 10.8. The molecule has 0 aliphatic heterocycles. The summed E-state index contributed by atoms with van der Waals surface area (Å²) in [5, 5.41) is 2.73. The van der Waals surface area contributed by atoms with Crippen molar-refractivity contribution in [3.05, 3.63) is 16.9 Å². The van der Waals surface area contributed by atoms with Crippen molar-refractivity contribution in [1.29, 1.82) is 0 Å². The van der Waals surface area contributed by atoms with Crippen LogP contribution < -0.4 is 0 Å². The van der Waals surface area contributed by atoms with Crippen molar-refractivity contribution in [2.45, 2.75) is 0 Å². The van der Waals surface area contributed by atoms with Crippen molar-refractivity contribution in [2.75, 3.05) is 0 Å². The molecule has 1 aromatic heterocycles. The number of nitrogens with one attached hydrogen (secondary N) is 1. The Morgan fingerprint density at radius 3 is 2.71 bits per heavy atom. The van der Waals surface area contributed by atoms with Gasteiger partial charge in [0.1, 0.15) is 4.64 Å². The Kier molecular flexibility index (Phi) is 1.21. The molecule has 1 N–H and O–H groups in total. The second kappa shape index (κ2) is 1.71. The van der Waals surface area contributed by atoms with Crippen molar-refractivity contribution in [3.8, 4) is 0 Å². The highest BCUT2D eigenvalue weighted by Gasteiger charge is 1.75. The number of hydrogen-bond acceptors (Lipinski definition) is 2. The summed E-state index contributed by atoms with van der Waals surface area (Å²) >= 11 is 8.61. The van der Waals surface area contributed by atoms with Crippen LogP contribution in [0.3, 0.4) is 0 Å². The van der Waals surface area contributed by atoms with E-state index in [0.717, 1.165) is 0 Å². The summed E-state index contributed by atoms with van der Waals surface area (Å²) in [6.45, 7) is 0. The second-order valence-corrected chi connectivity index (χ2v) is 2.01. The first-order valence-corrected chi connectivity index (χ1v) is 2.57. The van der Waals surface area contributed by atoms with Crippen LogP contribution in [0.15, 0.2) is 12.3 Å². The molecule has 0 saturated carbocycles. The van der Waals surface area contributed by atoms with Crippen LogP contribution in [0.25, 0.3) is 0 Å². The Morgan fingerprint density at radius 1 is 1.86 bits per heavy atom. The van der Waals surface area contributed by atoms with Gasteiger partial charge in [0.15, 0.2) is 0 Å². The maximum atomic E-state index is 4.71. The van der Waals surface area contributed by atoms with Gasteiger partial charge in [-0.05, 0) is 18.9 Å². The van der Waals surface area contributed by atoms with Gasteiger partial charge in [0.05, 0.1) is 0 Å². The van der Waals surface area contributed by atoms with Gasteiger partial charge in [0.25, 0.3) is 0 Å². The predicted molar refractivity (Wildman–Crippen MR) is 34.0 cm³/mol. The van der Waals surface area contributed by atoms with E-state index in [4.69, 9.17) is 12.2 Å². The summed E-state index contributed by atoms with van der Waals surface area (Å²) in [6.07, 6.45) is 1.74. The number of thiol groups is 1. The third-order valence-corrected chi connectivity index (χ3v) is 1.05. The van der Waals surface area contributed by atoms with Gasteiger partial charge in [-0.3, -0.25) is 5.10 Å². The van der Waals surface area contributed by atoms with Crippen LogP contribution in [0.5, 0.6) is 0 Å². The lowest BCUT2D eigenvalue weighted by Gasteiger charge is -1.79. The second-order valence-electron chi connectivity index (χ2n) is 1.14. The molecule has 0 unspecified atom stereocenters. The van der Waals surface area contributed by atoms with Gasteiger partial charge in [-0.2, -0.15) is 0 Å². The summed E-state index contributed by atoms with van der Waals surface area (Å²) < 4.78 is 2.21. The molecule has 0 spiro atoms. The predicted octanol–water partition coefficient (Wildman–Crippen LogP) is 1.24. The normalized spacial score (nSPS) is 9.29. The molecule has 0 fully saturated rings. The smallest absolute Gasteiger partial charge is 0.120 e. The van der Waals surface area contributed by atoms with E-state index >= 15 is 0 Å². The first kappa shape index (κ1) is 4.93. The van der Waals surface area contributed by atoms with E-state index in [2.05, 4.69) is 17.9 Å². The quantitative estimate of drug-likeness (QED) is 0.402. The van der Waals surface area contributed by atoms with Crippen molar-refractivity contribution in [3.63, 3.8) is 0 Å². The number of aromatic amines is 1. The largest absolute Gasteiger partial charge is 0.278 e. The highest BCUT2D eigenvalue weighted by molar-refractivity contribution is 7.78. The molecule has 0 atom stereocenters. The van der Waals surface area contributed by atoms with E-state index in [1.165, 1.54) is 4.09 Å². The van der Waals surface area contributed by atoms with E-state index in [9.17, 15) is 0 Å². The SMILES string of the molecule is S=c1ccn(S)[nH]1. The molecule has 0 aromatic carbocycles. The van der Waals surface area contributed by atoms with E-state index in [0.29, 0.717) is 4.64 Å². The number of H-pyrrole nitrogens is 1. The average Bonchev–Trinajstić information content (AvgIpc) is 1.87. The average molecular weight is 132 g/mol. The third kappa shape index (κ3) is 1.07. The van der Waals surface area contributed by atoms with Crippen molar-refractivity contribution in [2.24, 2.45) is 0 Å². The number of aromatic nitrogens is 2. The first-order chi connectivity index (χ1) is 3.29. The zero-order chi connectivity index (χ0) is 5.28. The first-order valence-electron chi connectivity index (χ1n) is 1.76. The standard InChI is InChI=1S/C3H4N2S2/c6-3-1-2-5(7)4-3/h1-2,7H,(H,4,6). The molecule has 0 saturated heterocycles. The Bertz CT molecular complexity index is 199. The van der Waals surface area contributed by atoms with E-state index in [-0.39, 0.29) is 0 Å². The van der Waals surface area contributed by atoms with E-state index < -0.39 is 0 Å². The summed E-state index contributed by atoms with van der Waals surface area (Å²) in [5.41, 5.74) is 0. The fourth-order valence-electron chi connectivity index (χ4n) is 0.326. The van der Waals surface area contributed by atoms with Crippen molar-refractivity contribution in [1.82, 2.24) is 9.19 Å². The lowest BCUT2D eigenvalue weighted by molar-refractivity contribution is 1.01. The molecule has 0 amide bonds. The number of hydrogen-bond donors (Lipinski definition) is 2. The number of rotatable bonds is 0. The molecule has 0 bridgehead atoms. The molecule has 0 radical (unpaired) electrons. The van der Waals surface area contributed by atoms with Crippen LogP contribution in [0.1, 0.15) is 0 Å². The van der Waals surface area contributed by atoms with Crippen LogP contribution in [-0.2, 0) is 0 Å². The van der Waals surface area contributed by atoms with Gasteiger partial charge in [-0.15, -0.1) is 0 Å². The minimum atomic E-state index is 0.704. The highest BCUT2D eigenvalue weighted by Crippen LogP contribution is 1.86. The summed E-state index contributed by atoms with van der Waals surface area (Å²) in [6, 6.07) is 1.77. The van der Waals surface area contributed by atoms with Gasteiger partial charge >= 0.3 is 0 Å². The Hall–Kier alpha value is -0.220. The zero-order valence-corrected chi connectivity index (χ0v) is 5.17. The molecule has 0 aliphatic rings. The molecule has 0 aliphatic carbocycles. The lowest BCUT2D eigenvalue weighted by Crippen LogP contribution is -1.75. The van der Waals surface area contributed by atoms with Crippen LogP contribution in [0.2, 0.25) is 0 Å². The molecule has 38 valence electrons. The van der Waals surface area contributed by atoms with E-state index in [1.54, 1.807) is 12.3 Å². The summed E-state index contributed by atoms with van der Waals surface area (Å²) in [5.74, 6) is 0. The molecule has 7 heavy (non-hydrogen) atoms. The molecule has 4 heteroatoms. The molecule has 1 rings (SSSR count). The topological polar surface area (TPSA) is 20.7 Å². The maximum absolute atomic E-state index is 4.71. The van der Waals surface area contributed by atoms with Gasteiger partial charge in [0.2, 0.25) is 0 Å². The summed E-state index contributed by atoms with van der Waals surface area (Å²) in [4.78, 5) is 0. The van der Waals surface area contributed by atoms with Gasteiger partial charge < -0.3 is 0 Å². The monoisotopic (exact) mass is 132 g/mol. The van der Waals surface area contributed by atoms with Crippen molar-refractivity contribution >= 4 is 25.0 Å². The van der Waals surface area contributed by atoms with E-state index in [1.807, 2.05) is 0 Å². The van der Waals surface area contributed by atoms with Gasteiger partial charge in [-0.25, -0.2) is 4.09 Å². The van der Waals surface area contributed by atoms with Gasteiger partial charge in [-0.1, -0.05) is 12.2 Å². The minimum absolute atomic E-state index is 0.704. The van der Waals surface area contributed by atoms with Crippen LogP contribution >= 0.6 is 25.0 Å².